The van der Waals surface area contributed by atoms with Gasteiger partial charge in [-0.25, -0.2) is 0 Å². The maximum absolute atomic E-state index is 13.3. The van der Waals surface area contributed by atoms with Crippen molar-refractivity contribution >= 4 is 5.91 Å². The third-order valence-electron chi connectivity index (χ3n) is 5.66. The average Bonchev–Trinajstić information content (AvgIpc) is 3.45. The van der Waals surface area contributed by atoms with E-state index in [0.717, 1.165) is 16.7 Å². The molecule has 1 atom stereocenters. The summed E-state index contributed by atoms with van der Waals surface area (Å²) in [5.74, 6) is 0.664. The second-order valence-electron chi connectivity index (χ2n) is 7.85. The summed E-state index contributed by atoms with van der Waals surface area (Å²) in [7, 11) is 0. The molecule has 5 rings (SSSR count). The maximum atomic E-state index is 13.3. The number of phenols is 2. The summed E-state index contributed by atoms with van der Waals surface area (Å²) in [4.78, 5) is 15.0. The van der Waals surface area contributed by atoms with Gasteiger partial charge in [-0.15, -0.1) is 0 Å². The van der Waals surface area contributed by atoms with Crippen LogP contribution in [0.1, 0.15) is 44.5 Å². The Kier molecular flexibility index (Phi) is 4.32. The molecule has 0 bridgehead atoms. The number of fused-ring (bicyclic) bond motifs is 1. The van der Waals surface area contributed by atoms with E-state index in [4.69, 9.17) is 4.42 Å². The second-order valence-corrected chi connectivity index (χ2v) is 7.85. The fourth-order valence-electron chi connectivity index (χ4n) is 4.32. The first kappa shape index (κ1) is 19.0. The largest absolute Gasteiger partial charge is 0.508 e. The van der Waals surface area contributed by atoms with Crippen molar-refractivity contribution in [1.29, 1.82) is 0 Å². The fourth-order valence-corrected chi connectivity index (χ4v) is 4.32. The molecule has 3 heterocycles. The number of carbonyl (C=O) groups excluding carboxylic acids is 1. The van der Waals surface area contributed by atoms with Crippen molar-refractivity contribution in [3.63, 3.8) is 0 Å². The summed E-state index contributed by atoms with van der Waals surface area (Å²) in [6.45, 7) is 4.04. The molecule has 3 N–H and O–H groups in total. The van der Waals surface area contributed by atoms with Gasteiger partial charge < -0.3 is 19.5 Å². The van der Waals surface area contributed by atoms with Crippen molar-refractivity contribution in [3.8, 4) is 22.8 Å². The number of aromatic amines is 1. The van der Waals surface area contributed by atoms with E-state index in [1.54, 1.807) is 35.4 Å². The minimum atomic E-state index is -0.506. The molecule has 1 amide bonds. The number of aromatic hydroxyl groups is 2. The molecule has 2 aromatic carbocycles. The Balaban J connectivity index is 1.71. The molecule has 0 fully saturated rings. The molecule has 0 radical (unpaired) electrons. The zero-order valence-corrected chi connectivity index (χ0v) is 17.1. The summed E-state index contributed by atoms with van der Waals surface area (Å²) in [6, 6.07) is 13.7. The number of hydrogen-bond donors (Lipinski definition) is 3. The number of aromatic nitrogens is 2. The summed E-state index contributed by atoms with van der Waals surface area (Å²) in [5.41, 5.74) is 4.57. The third-order valence-corrected chi connectivity index (χ3v) is 5.66. The van der Waals surface area contributed by atoms with Crippen molar-refractivity contribution < 1.29 is 19.4 Å². The third kappa shape index (κ3) is 3.06. The van der Waals surface area contributed by atoms with Crippen LogP contribution in [-0.2, 0) is 6.54 Å². The van der Waals surface area contributed by atoms with E-state index in [-0.39, 0.29) is 24.0 Å². The summed E-state index contributed by atoms with van der Waals surface area (Å²) >= 11 is 0. The first-order chi connectivity index (χ1) is 14.9. The molecule has 2 aromatic heterocycles. The van der Waals surface area contributed by atoms with Crippen LogP contribution in [-0.4, -0.2) is 31.2 Å². The number of nitrogens with one attached hydrogen (secondary N) is 1. The van der Waals surface area contributed by atoms with Gasteiger partial charge in [0.2, 0.25) is 0 Å². The van der Waals surface area contributed by atoms with Crippen LogP contribution in [0.3, 0.4) is 0 Å². The minimum absolute atomic E-state index is 0.107. The Morgan fingerprint density at radius 2 is 1.97 bits per heavy atom. The van der Waals surface area contributed by atoms with Gasteiger partial charge in [0.05, 0.1) is 18.8 Å². The number of H-pyrrole nitrogens is 1. The number of furan rings is 1. The van der Waals surface area contributed by atoms with Crippen LogP contribution >= 0.6 is 0 Å². The Bertz CT molecular complexity index is 1290. The molecule has 1 aliphatic heterocycles. The molecular formula is C24H21N3O4. The fraction of sp³-hybridized carbons (Fsp3) is 0.167. The zero-order valence-electron chi connectivity index (χ0n) is 17.1. The molecule has 0 unspecified atom stereocenters. The van der Waals surface area contributed by atoms with Crippen LogP contribution in [0.25, 0.3) is 11.3 Å². The Morgan fingerprint density at radius 3 is 2.71 bits per heavy atom. The summed E-state index contributed by atoms with van der Waals surface area (Å²) in [6.07, 6.45) is 1.57. The van der Waals surface area contributed by atoms with Crippen molar-refractivity contribution in [2.45, 2.75) is 26.4 Å². The van der Waals surface area contributed by atoms with E-state index < -0.39 is 6.04 Å². The molecule has 4 aromatic rings. The van der Waals surface area contributed by atoms with Crippen LogP contribution in [0.4, 0.5) is 0 Å². The Morgan fingerprint density at radius 1 is 1.13 bits per heavy atom. The minimum Gasteiger partial charge on any atom is -0.508 e. The highest BCUT2D eigenvalue weighted by Crippen LogP contribution is 2.46. The van der Waals surface area contributed by atoms with Gasteiger partial charge in [-0.05, 0) is 60.9 Å². The standard InChI is InChI=1S/C24H21N3O4/c1-13-9-14(2)23(29)18(10-13)20-19-21(26-25-20)24(30)27(12-17-7-4-8-31-17)22(19)15-5-3-6-16(28)11-15/h3-11,22,28-29H,12H2,1-2H3,(H,25,26)/t22-/m1/s1. The highest BCUT2D eigenvalue weighted by molar-refractivity contribution is 6.00. The number of benzene rings is 2. The zero-order chi connectivity index (χ0) is 21.7. The van der Waals surface area contributed by atoms with E-state index in [0.29, 0.717) is 28.3 Å². The lowest BCUT2D eigenvalue weighted by molar-refractivity contribution is 0.0716. The van der Waals surface area contributed by atoms with Crippen LogP contribution in [0.5, 0.6) is 11.5 Å². The molecule has 1 aliphatic rings. The number of nitrogens with zero attached hydrogens (tertiary/aromatic N) is 2. The molecule has 7 heteroatoms. The SMILES string of the molecule is Cc1cc(C)c(O)c(-c2n[nH]c3c2[C@@H](c2cccc(O)c2)N(Cc2ccco2)C3=O)c1. The first-order valence-corrected chi connectivity index (χ1v) is 9.95. The lowest BCUT2D eigenvalue weighted by Gasteiger charge is -2.25. The number of rotatable bonds is 4. The second kappa shape index (κ2) is 7.05. The normalized spacial score (nSPS) is 15.5. The van der Waals surface area contributed by atoms with E-state index in [1.807, 2.05) is 38.1 Å². The lowest BCUT2D eigenvalue weighted by atomic mass is 9.94. The summed E-state index contributed by atoms with van der Waals surface area (Å²) < 4.78 is 5.48. The van der Waals surface area contributed by atoms with E-state index in [1.165, 1.54) is 0 Å². The molecular weight excluding hydrogens is 394 g/mol. The van der Waals surface area contributed by atoms with Crippen LogP contribution in [0, 0.1) is 13.8 Å². The van der Waals surface area contributed by atoms with Crippen LogP contribution < -0.4 is 0 Å². The maximum Gasteiger partial charge on any atom is 0.273 e. The number of amides is 1. The highest BCUT2D eigenvalue weighted by Gasteiger charge is 2.43. The van der Waals surface area contributed by atoms with Gasteiger partial charge in [-0.3, -0.25) is 9.89 Å². The Labute approximate surface area is 178 Å². The van der Waals surface area contributed by atoms with Gasteiger partial charge in [0.15, 0.2) is 0 Å². The van der Waals surface area contributed by atoms with E-state index >= 15 is 0 Å². The molecule has 0 spiro atoms. The number of aryl methyl sites for hydroxylation is 2. The van der Waals surface area contributed by atoms with Gasteiger partial charge in [0, 0.05) is 11.1 Å². The van der Waals surface area contributed by atoms with Crippen LogP contribution in [0.15, 0.2) is 59.2 Å². The van der Waals surface area contributed by atoms with Gasteiger partial charge in [-0.2, -0.15) is 5.10 Å². The predicted octanol–water partition coefficient (Wildman–Crippen LogP) is 4.44. The van der Waals surface area contributed by atoms with Crippen molar-refractivity contribution in [1.82, 2.24) is 15.1 Å². The molecule has 0 aliphatic carbocycles. The smallest absolute Gasteiger partial charge is 0.273 e. The number of carbonyl (C=O) groups is 1. The van der Waals surface area contributed by atoms with Gasteiger partial charge >= 0.3 is 0 Å². The molecule has 7 nitrogen and oxygen atoms in total. The molecule has 0 saturated carbocycles. The lowest BCUT2D eigenvalue weighted by Crippen LogP contribution is -2.28. The van der Waals surface area contributed by atoms with E-state index in [2.05, 4.69) is 10.2 Å². The highest BCUT2D eigenvalue weighted by atomic mass is 16.3. The van der Waals surface area contributed by atoms with Crippen molar-refractivity contribution in [2.24, 2.45) is 0 Å². The molecule has 0 saturated heterocycles. The quantitative estimate of drug-likeness (QED) is 0.457. The monoisotopic (exact) mass is 415 g/mol. The van der Waals surface area contributed by atoms with E-state index in [9.17, 15) is 15.0 Å². The van der Waals surface area contributed by atoms with Gasteiger partial charge in [0.1, 0.15) is 28.6 Å². The molecule has 31 heavy (non-hydrogen) atoms. The van der Waals surface area contributed by atoms with Crippen molar-refractivity contribution in [3.05, 3.63) is 88.5 Å². The van der Waals surface area contributed by atoms with Crippen molar-refractivity contribution in [2.75, 3.05) is 0 Å². The Hall–Kier alpha value is -4.00. The van der Waals surface area contributed by atoms with Gasteiger partial charge in [0.25, 0.3) is 5.91 Å². The van der Waals surface area contributed by atoms with Crippen LogP contribution in [0.2, 0.25) is 0 Å². The number of hydrogen-bond acceptors (Lipinski definition) is 5. The topological polar surface area (TPSA) is 103 Å². The summed E-state index contributed by atoms with van der Waals surface area (Å²) in [5, 5.41) is 28.1. The first-order valence-electron chi connectivity index (χ1n) is 9.95. The molecule has 156 valence electrons. The van der Waals surface area contributed by atoms with Gasteiger partial charge in [-0.1, -0.05) is 18.2 Å². The average molecular weight is 415 g/mol. The number of phenolic OH excluding ortho intramolecular Hbond substituents is 2. The predicted molar refractivity (Wildman–Crippen MR) is 114 cm³/mol.